The fourth-order valence-corrected chi connectivity index (χ4v) is 3.49. The molecule has 4 rings (SSSR count). The summed E-state index contributed by atoms with van der Waals surface area (Å²) in [4.78, 5) is 36.6. The fraction of sp³-hybridized carbons (Fsp3) is 0.227. The van der Waals surface area contributed by atoms with Gasteiger partial charge in [0.1, 0.15) is 17.7 Å². The Morgan fingerprint density at radius 2 is 1.80 bits per heavy atom. The van der Waals surface area contributed by atoms with Crippen LogP contribution in [0.2, 0.25) is 5.02 Å². The molecule has 0 bridgehead atoms. The second kappa shape index (κ2) is 9.45. The summed E-state index contributed by atoms with van der Waals surface area (Å²) in [6.45, 7) is -0.0750. The Kier molecular flexibility index (Phi) is 6.57. The highest BCUT2D eigenvalue weighted by Crippen LogP contribution is 2.37. The maximum Gasteiger partial charge on any atom is 0.418 e. The number of hydrogen-bond donors (Lipinski definition) is 3. The van der Waals surface area contributed by atoms with Crippen molar-refractivity contribution in [1.29, 1.82) is 0 Å². The van der Waals surface area contributed by atoms with Gasteiger partial charge in [-0.15, -0.1) is 0 Å². The van der Waals surface area contributed by atoms with E-state index >= 15 is 0 Å². The lowest BCUT2D eigenvalue weighted by molar-refractivity contribution is -0.137. The van der Waals surface area contributed by atoms with E-state index in [2.05, 4.69) is 30.9 Å². The monoisotopic (exact) mass is 508 g/mol. The zero-order chi connectivity index (χ0) is 25.2. The van der Waals surface area contributed by atoms with E-state index in [0.29, 0.717) is 18.9 Å². The molecule has 3 N–H and O–H groups in total. The van der Waals surface area contributed by atoms with Crippen molar-refractivity contribution in [1.82, 2.24) is 25.6 Å². The number of carbonyl (C=O) groups excluding carboxylic acids is 2. The Morgan fingerprint density at radius 1 is 1.09 bits per heavy atom. The minimum atomic E-state index is -4.77. The third-order valence-electron chi connectivity index (χ3n) is 5.26. The van der Waals surface area contributed by atoms with Gasteiger partial charge >= 0.3 is 6.18 Å². The van der Waals surface area contributed by atoms with Crippen LogP contribution < -0.4 is 16.0 Å². The number of anilines is 2. The molecule has 0 saturated heterocycles. The van der Waals surface area contributed by atoms with Crippen LogP contribution in [0, 0.1) is 5.82 Å². The van der Waals surface area contributed by atoms with E-state index in [4.69, 9.17) is 11.6 Å². The SMILES string of the molecule is O=C(NC1(C(=O)NCc2ncc(Nc3ccc(F)cc3C(F)(F)F)cc2Cl)CC1)c1cncnc1. The van der Waals surface area contributed by atoms with Gasteiger partial charge in [0.25, 0.3) is 5.91 Å². The second-order valence-corrected chi connectivity index (χ2v) is 8.22. The average molecular weight is 509 g/mol. The van der Waals surface area contributed by atoms with E-state index in [1.54, 1.807) is 0 Å². The Hall–Kier alpha value is -3.80. The number of carbonyl (C=O) groups is 2. The lowest BCUT2D eigenvalue weighted by Gasteiger charge is -2.18. The fourth-order valence-electron chi connectivity index (χ4n) is 3.25. The van der Waals surface area contributed by atoms with Crippen LogP contribution in [0.5, 0.6) is 0 Å². The first kappa shape index (κ1) is 24.3. The number of alkyl halides is 3. The van der Waals surface area contributed by atoms with Crippen LogP contribution in [0.4, 0.5) is 28.9 Å². The first-order valence-electron chi connectivity index (χ1n) is 10.2. The van der Waals surface area contributed by atoms with Crippen LogP contribution in [0.25, 0.3) is 0 Å². The third kappa shape index (κ3) is 5.65. The lowest BCUT2D eigenvalue weighted by atomic mass is 10.1. The Labute approximate surface area is 201 Å². The van der Waals surface area contributed by atoms with E-state index in [9.17, 15) is 27.2 Å². The van der Waals surface area contributed by atoms with E-state index in [-0.39, 0.29) is 34.2 Å². The number of nitrogens with zero attached hydrogens (tertiary/aromatic N) is 3. The summed E-state index contributed by atoms with van der Waals surface area (Å²) in [6, 6.07) is 3.58. The van der Waals surface area contributed by atoms with Crippen molar-refractivity contribution in [3.8, 4) is 0 Å². The molecule has 2 amide bonds. The molecule has 8 nitrogen and oxygen atoms in total. The molecule has 1 aromatic carbocycles. The molecule has 0 radical (unpaired) electrons. The summed E-state index contributed by atoms with van der Waals surface area (Å²) in [7, 11) is 0. The van der Waals surface area contributed by atoms with Crippen molar-refractivity contribution >= 4 is 34.8 Å². The Balaban J connectivity index is 1.39. The van der Waals surface area contributed by atoms with E-state index < -0.39 is 34.9 Å². The van der Waals surface area contributed by atoms with Gasteiger partial charge in [-0.2, -0.15) is 13.2 Å². The summed E-state index contributed by atoms with van der Waals surface area (Å²) >= 11 is 6.21. The highest BCUT2D eigenvalue weighted by atomic mass is 35.5. The molecule has 2 aromatic heterocycles. The van der Waals surface area contributed by atoms with Gasteiger partial charge in [-0.1, -0.05) is 11.6 Å². The molecule has 13 heteroatoms. The number of halogens is 5. The van der Waals surface area contributed by atoms with Crippen molar-refractivity contribution in [3.05, 3.63) is 76.8 Å². The van der Waals surface area contributed by atoms with Gasteiger partial charge in [0.2, 0.25) is 5.91 Å². The van der Waals surface area contributed by atoms with Gasteiger partial charge in [0.15, 0.2) is 0 Å². The molecule has 1 aliphatic carbocycles. The van der Waals surface area contributed by atoms with Gasteiger partial charge < -0.3 is 16.0 Å². The number of pyridine rings is 1. The van der Waals surface area contributed by atoms with Gasteiger partial charge in [0.05, 0.1) is 46.0 Å². The highest BCUT2D eigenvalue weighted by Gasteiger charge is 2.51. The summed E-state index contributed by atoms with van der Waals surface area (Å²) in [5.41, 5.74) is -1.99. The maximum absolute atomic E-state index is 13.3. The molecule has 182 valence electrons. The van der Waals surface area contributed by atoms with Crippen LogP contribution in [0.15, 0.2) is 49.2 Å². The minimum Gasteiger partial charge on any atom is -0.354 e. The van der Waals surface area contributed by atoms with Crippen molar-refractivity contribution in [2.24, 2.45) is 0 Å². The number of benzene rings is 1. The van der Waals surface area contributed by atoms with E-state index in [0.717, 1.165) is 12.1 Å². The molecule has 1 saturated carbocycles. The molecule has 2 heterocycles. The summed E-state index contributed by atoms with van der Waals surface area (Å²) < 4.78 is 52.9. The first-order valence-corrected chi connectivity index (χ1v) is 10.6. The highest BCUT2D eigenvalue weighted by molar-refractivity contribution is 6.31. The topological polar surface area (TPSA) is 109 Å². The molecular weight excluding hydrogens is 492 g/mol. The molecule has 0 aliphatic heterocycles. The van der Waals surface area contributed by atoms with Crippen molar-refractivity contribution < 1.29 is 27.2 Å². The maximum atomic E-state index is 13.3. The molecule has 1 aliphatic rings. The van der Waals surface area contributed by atoms with Crippen LogP contribution in [0.1, 0.15) is 34.5 Å². The molecule has 0 atom stereocenters. The zero-order valence-corrected chi connectivity index (χ0v) is 18.5. The quantitative estimate of drug-likeness (QED) is 0.416. The van der Waals surface area contributed by atoms with Gasteiger partial charge in [0, 0.05) is 12.4 Å². The lowest BCUT2D eigenvalue weighted by Crippen LogP contribution is -2.48. The van der Waals surface area contributed by atoms with Crippen LogP contribution in [-0.2, 0) is 17.5 Å². The number of hydrogen-bond acceptors (Lipinski definition) is 6. The molecular formula is C22H17ClF4N6O2. The number of amides is 2. The molecule has 1 fully saturated rings. The zero-order valence-electron chi connectivity index (χ0n) is 17.8. The van der Waals surface area contributed by atoms with Crippen LogP contribution in [-0.4, -0.2) is 32.3 Å². The smallest absolute Gasteiger partial charge is 0.354 e. The standard InChI is InChI=1S/C22H17ClF4N6O2/c23-16-6-14(32-17-2-1-13(24)5-15(17)22(25,26)27)9-30-18(16)10-31-20(35)21(3-4-21)33-19(34)12-7-28-11-29-8-12/h1-2,5-9,11,32H,3-4,10H2,(H,31,35)(H,33,34). The van der Waals surface area contributed by atoms with E-state index in [1.165, 1.54) is 31.0 Å². The largest absolute Gasteiger partial charge is 0.418 e. The van der Waals surface area contributed by atoms with Crippen molar-refractivity contribution in [2.75, 3.05) is 5.32 Å². The molecule has 3 aromatic rings. The van der Waals surface area contributed by atoms with Crippen molar-refractivity contribution in [2.45, 2.75) is 31.1 Å². The molecule has 35 heavy (non-hydrogen) atoms. The predicted octanol–water partition coefficient (Wildman–Crippen LogP) is 4.01. The third-order valence-corrected chi connectivity index (χ3v) is 5.59. The molecule has 0 spiro atoms. The Bertz CT molecular complexity index is 1270. The normalized spacial score (nSPS) is 14.2. The average Bonchev–Trinajstić information content (AvgIpc) is 3.60. The number of nitrogens with one attached hydrogen (secondary N) is 3. The molecule has 0 unspecified atom stereocenters. The van der Waals surface area contributed by atoms with Crippen LogP contribution in [0.3, 0.4) is 0 Å². The van der Waals surface area contributed by atoms with Gasteiger partial charge in [-0.05, 0) is 37.1 Å². The predicted molar refractivity (Wildman–Crippen MR) is 117 cm³/mol. The van der Waals surface area contributed by atoms with Crippen LogP contribution >= 0.6 is 11.6 Å². The van der Waals surface area contributed by atoms with Gasteiger partial charge in [-0.25, -0.2) is 14.4 Å². The number of aromatic nitrogens is 3. The second-order valence-electron chi connectivity index (χ2n) is 7.81. The summed E-state index contributed by atoms with van der Waals surface area (Å²) in [5, 5.41) is 7.96. The minimum absolute atomic E-state index is 0.0750. The van der Waals surface area contributed by atoms with Crippen molar-refractivity contribution in [3.63, 3.8) is 0 Å². The summed E-state index contributed by atoms with van der Waals surface area (Å²) in [6.07, 6.45) is 1.30. The van der Waals surface area contributed by atoms with Gasteiger partial charge in [-0.3, -0.25) is 14.6 Å². The van der Waals surface area contributed by atoms with E-state index in [1.807, 2.05) is 0 Å². The summed E-state index contributed by atoms with van der Waals surface area (Å²) in [5.74, 6) is -1.93. The Morgan fingerprint density at radius 3 is 2.43 bits per heavy atom. The first-order chi connectivity index (χ1) is 16.6. The number of rotatable bonds is 7.